The maximum atomic E-state index is 13.5. The van der Waals surface area contributed by atoms with Crippen molar-refractivity contribution < 1.29 is 39.9 Å². The minimum absolute atomic E-state index is 0.0382. The Morgan fingerprint density at radius 1 is 1.19 bits per heavy atom. The van der Waals surface area contributed by atoms with Gasteiger partial charge < -0.3 is 36.2 Å². The van der Waals surface area contributed by atoms with E-state index in [2.05, 4.69) is 0 Å². The minimum atomic E-state index is -2.64. The molecule has 10 nitrogen and oxygen atoms in total. The number of primary amides is 1. The Bertz CT molecular complexity index is 1080. The van der Waals surface area contributed by atoms with Gasteiger partial charge in [-0.15, -0.1) is 0 Å². The van der Waals surface area contributed by atoms with E-state index in [4.69, 9.17) is 5.73 Å². The van der Waals surface area contributed by atoms with Crippen molar-refractivity contribution in [2.45, 2.75) is 37.1 Å². The monoisotopic (exact) mass is 446 g/mol. The number of anilines is 1. The Hall–Kier alpha value is -2.95. The van der Waals surface area contributed by atoms with Crippen LogP contribution in [0.2, 0.25) is 0 Å². The second-order valence-electron chi connectivity index (χ2n) is 9.13. The van der Waals surface area contributed by atoms with Crippen LogP contribution in [0.15, 0.2) is 23.5 Å². The van der Waals surface area contributed by atoms with Crippen LogP contribution in [-0.4, -0.2) is 74.9 Å². The smallest absolute Gasteiger partial charge is 0.255 e. The molecule has 7 atom stereocenters. The molecule has 1 aromatic carbocycles. The van der Waals surface area contributed by atoms with Gasteiger partial charge in [0, 0.05) is 32.4 Å². The highest BCUT2D eigenvalue weighted by atomic mass is 16.4. The summed E-state index contributed by atoms with van der Waals surface area (Å²) < 4.78 is 0. The first-order chi connectivity index (χ1) is 14.8. The largest absolute Gasteiger partial charge is 0.508 e. The van der Waals surface area contributed by atoms with Gasteiger partial charge in [-0.05, 0) is 17.5 Å². The molecule has 0 aliphatic heterocycles. The Labute approximate surface area is 183 Å². The fourth-order valence-electron chi connectivity index (χ4n) is 5.82. The van der Waals surface area contributed by atoms with E-state index in [0.717, 1.165) is 0 Å². The summed E-state index contributed by atoms with van der Waals surface area (Å²) in [5.74, 6) is -8.53. The number of fused-ring (bicyclic) bond motifs is 3. The Morgan fingerprint density at radius 2 is 1.81 bits per heavy atom. The molecular formula is C22H26N2O8. The van der Waals surface area contributed by atoms with Gasteiger partial charge in [-0.1, -0.05) is 13.0 Å². The van der Waals surface area contributed by atoms with Crippen molar-refractivity contribution in [2.75, 3.05) is 19.0 Å². The first-order valence-corrected chi connectivity index (χ1v) is 10.3. The van der Waals surface area contributed by atoms with Crippen LogP contribution in [0.3, 0.4) is 0 Å². The van der Waals surface area contributed by atoms with Gasteiger partial charge in [0.15, 0.2) is 17.2 Å². The molecule has 0 heterocycles. The van der Waals surface area contributed by atoms with Crippen LogP contribution < -0.4 is 10.6 Å². The molecule has 3 aliphatic rings. The van der Waals surface area contributed by atoms with Gasteiger partial charge in [-0.2, -0.15) is 0 Å². The van der Waals surface area contributed by atoms with Crippen LogP contribution in [0.25, 0.3) is 0 Å². The lowest BCUT2D eigenvalue weighted by Crippen LogP contribution is -2.69. The molecule has 0 radical (unpaired) electrons. The van der Waals surface area contributed by atoms with E-state index in [1.807, 2.05) is 0 Å². The summed E-state index contributed by atoms with van der Waals surface area (Å²) in [5, 5.41) is 55.1. The Morgan fingerprint density at radius 3 is 2.38 bits per heavy atom. The highest BCUT2D eigenvalue weighted by molar-refractivity contribution is 6.20. The van der Waals surface area contributed by atoms with Crippen molar-refractivity contribution in [3.8, 4) is 5.75 Å². The van der Waals surface area contributed by atoms with Gasteiger partial charge >= 0.3 is 0 Å². The van der Waals surface area contributed by atoms with E-state index < -0.39 is 76.7 Å². The third-order valence-electron chi connectivity index (χ3n) is 7.41. The summed E-state index contributed by atoms with van der Waals surface area (Å²) in [6.45, 7) is 1.72. The zero-order chi connectivity index (χ0) is 23.9. The number of ketones is 2. The molecule has 7 N–H and O–H groups in total. The van der Waals surface area contributed by atoms with Crippen molar-refractivity contribution in [1.82, 2.24) is 0 Å². The lowest BCUT2D eigenvalue weighted by Gasteiger charge is -2.56. The maximum absolute atomic E-state index is 13.5. The molecule has 0 aromatic heterocycles. The molecule has 1 fully saturated rings. The number of aromatic hydroxyl groups is 1. The summed E-state index contributed by atoms with van der Waals surface area (Å²) >= 11 is 0. The predicted octanol–water partition coefficient (Wildman–Crippen LogP) is -0.657. The van der Waals surface area contributed by atoms with Gasteiger partial charge in [0.25, 0.3) is 5.91 Å². The molecule has 0 saturated heterocycles. The van der Waals surface area contributed by atoms with Crippen molar-refractivity contribution in [1.29, 1.82) is 0 Å². The number of nitrogens with zero attached hydrogens (tertiary/aromatic N) is 1. The van der Waals surface area contributed by atoms with Gasteiger partial charge in [0.1, 0.15) is 23.2 Å². The highest BCUT2D eigenvalue weighted by Gasteiger charge is 2.67. The number of hydrogen-bond acceptors (Lipinski definition) is 9. The summed E-state index contributed by atoms with van der Waals surface area (Å²) in [4.78, 5) is 39.3. The highest BCUT2D eigenvalue weighted by Crippen LogP contribution is 2.56. The Kier molecular flexibility index (Phi) is 4.89. The second-order valence-corrected chi connectivity index (χ2v) is 9.13. The molecule has 1 amide bonds. The topological polar surface area (TPSA) is 182 Å². The van der Waals surface area contributed by atoms with Crippen molar-refractivity contribution in [2.24, 2.45) is 23.5 Å². The fourth-order valence-corrected chi connectivity index (χ4v) is 5.82. The quantitative estimate of drug-likeness (QED) is 0.321. The van der Waals surface area contributed by atoms with Gasteiger partial charge in [-0.25, -0.2) is 0 Å². The van der Waals surface area contributed by atoms with E-state index >= 15 is 0 Å². The molecular weight excluding hydrogens is 420 g/mol. The lowest BCUT2D eigenvalue weighted by atomic mass is 9.51. The molecule has 0 spiro atoms. The van der Waals surface area contributed by atoms with Gasteiger partial charge in [0.2, 0.25) is 0 Å². The number of Topliss-reactive ketones (excluding diaryl/α,β-unsaturated/α-hetero) is 2. The van der Waals surface area contributed by atoms with Crippen molar-refractivity contribution in [3.05, 3.63) is 34.6 Å². The fraction of sp³-hybridized carbons (Fsp3) is 0.500. The first-order valence-electron chi connectivity index (χ1n) is 10.3. The lowest BCUT2D eigenvalue weighted by molar-refractivity contribution is -0.209. The molecule has 5 unspecified atom stereocenters. The zero-order valence-electron chi connectivity index (χ0n) is 17.8. The van der Waals surface area contributed by atoms with Crippen LogP contribution >= 0.6 is 0 Å². The van der Waals surface area contributed by atoms with E-state index in [-0.39, 0.29) is 11.3 Å². The molecule has 172 valence electrons. The number of aliphatic hydroxyl groups excluding tert-OH is 3. The number of hydrogen-bond donors (Lipinski definition) is 6. The maximum Gasteiger partial charge on any atom is 0.255 e. The number of nitrogens with two attached hydrogens (primary N) is 1. The second kappa shape index (κ2) is 7.03. The number of carbonyl (C=O) groups is 3. The number of aliphatic hydroxyl groups is 4. The van der Waals surface area contributed by atoms with Gasteiger partial charge in [0.05, 0.1) is 23.3 Å². The van der Waals surface area contributed by atoms with Crippen LogP contribution in [0, 0.1) is 17.8 Å². The standard InChI is InChI=1S/C22H26N2O8/c1-7-8-4-5-10(24(2)3)17(27)13(8)18(28)15-12(7)16(26)9-6-11(25)14(21(23)31)19(29)22(9,32)20(15)30/h4-5,7,9,12,15-16,20,26-27,29-30,32H,6H2,1-3H3,(H2,23,31)/t7-,9?,12?,15?,16+,20?,22?/m0/s1. The molecule has 4 rings (SSSR count). The minimum Gasteiger partial charge on any atom is -0.508 e. The summed E-state index contributed by atoms with van der Waals surface area (Å²) in [6.07, 6.45) is -3.98. The van der Waals surface area contributed by atoms with Crippen LogP contribution in [0.4, 0.5) is 5.69 Å². The van der Waals surface area contributed by atoms with E-state index in [1.165, 1.54) is 0 Å². The van der Waals surface area contributed by atoms with E-state index in [1.54, 1.807) is 38.1 Å². The zero-order valence-corrected chi connectivity index (χ0v) is 17.8. The van der Waals surface area contributed by atoms with Crippen LogP contribution in [0.1, 0.15) is 35.2 Å². The molecule has 1 saturated carbocycles. The average molecular weight is 446 g/mol. The third kappa shape index (κ3) is 2.60. The molecule has 10 heteroatoms. The van der Waals surface area contributed by atoms with E-state index in [0.29, 0.717) is 11.3 Å². The predicted molar refractivity (Wildman–Crippen MR) is 111 cm³/mol. The molecule has 1 aromatic rings. The Balaban J connectivity index is 1.93. The van der Waals surface area contributed by atoms with Crippen LogP contribution in [0.5, 0.6) is 5.75 Å². The number of carbonyl (C=O) groups excluding carboxylic acids is 3. The summed E-state index contributed by atoms with van der Waals surface area (Å²) in [5.41, 5.74) is 2.48. The number of amides is 1. The summed E-state index contributed by atoms with van der Waals surface area (Å²) in [7, 11) is 3.36. The SMILES string of the molecule is C[C@H]1c2ccc(N(C)C)c(O)c2C(=O)C2C1[C@H](O)C1CC(=O)C(C(N)=O)=C(O)C1(O)C2O. The average Bonchev–Trinajstić information content (AvgIpc) is 2.70. The normalized spacial score (nSPS) is 36.3. The van der Waals surface area contributed by atoms with Crippen molar-refractivity contribution in [3.63, 3.8) is 0 Å². The molecule has 32 heavy (non-hydrogen) atoms. The summed E-state index contributed by atoms with van der Waals surface area (Å²) in [6, 6.07) is 3.30. The third-order valence-corrected chi connectivity index (χ3v) is 7.41. The number of rotatable bonds is 2. The van der Waals surface area contributed by atoms with Crippen LogP contribution in [-0.2, 0) is 9.59 Å². The molecule has 3 aliphatic carbocycles. The number of phenols is 1. The molecule has 0 bridgehead atoms. The van der Waals surface area contributed by atoms with Crippen molar-refractivity contribution >= 4 is 23.2 Å². The van der Waals surface area contributed by atoms with E-state index in [9.17, 15) is 39.9 Å². The first kappa shape index (κ1) is 22.3. The number of benzene rings is 1. The number of phenolic OH excluding ortho intramolecular Hbond substituents is 1. The van der Waals surface area contributed by atoms with Gasteiger partial charge in [-0.3, -0.25) is 14.4 Å².